The van der Waals surface area contributed by atoms with E-state index in [0.717, 1.165) is 31.5 Å². The topological polar surface area (TPSA) is 82.5 Å². The van der Waals surface area contributed by atoms with Gasteiger partial charge >= 0.3 is 0 Å². The lowest BCUT2D eigenvalue weighted by Crippen LogP contribution is -2.35. The molecule has 0 unspecified atom stereocenters. The summed E-state index contributed by atoms with van der Waals surface area (Å²) in [4.78, 5) is 28.2. The highest BCUT2D eigenvalue weighted by Crippen LogP contribution is 2.22. The molecule has 0 aromatic heterocycles. The Morgan fingerprint density at radius 1 is 0.943 bits per heavy atom. The Hall–Kier alpha value is -3.64. The number of anilines is 1. The quantitative estimate of drug-likeness (QED) is 0.248. The molecule has 0 radical (unpaired) electrons. The van der Waals surface area contributed by atoms with Crippen molar-refractivity contribution in [2.75, 3.05) is 25.5 Å². The number of ether oxygens (including phenoxy) is 1. The third-order valence-electron chi connectivity index (χ3n) is 6.17. The summed E-state index contributed by atoms with van der Waals surface area (Å²) in [7, 11) is 1.53. The third kappa shape index (κ3) is 6.08. The molecule has 180 valence electrons. The van der Waals surface area contributed by atoms with Crippen LogP contribution >= 0.6 is 11.6 Å². The molecule has 0 saturated carbocycles. The van der Waals surface area contributed by atoms with Crippen LogP contribution in [0, 0.1) is 5.41 Å². The summed E-state index contributed by atoms with van der Waals surface area (Å²) in [5.74, 6) is 0.592. The maximum atomic E-state index is 13.1. The number of carbonyl (C=O) groups excluding carboxylic acids is 2. The molecule has 1 heterocycles. The normalized spacial score (nSPS) is 13.3. The van der Waals surface area contributed by atoms with E-state index < -0.39 is 0 Å². The molecular weight excluding hydrogens is 462 g/mol. The number of amidine groups is 1. The standard InChI is InChI=1S/C28H28ClN3O3/c1-35-24-14-9-21(25(18-24)28(34)31-23-12-10-22(29)11-13-23)17-26(33)19-5-7-20(8-6-19)27(30)32-15-3-2-4-16-32/h5-14,18,30H,2-4,15-17H2,1H3,(H,31,34). The molecule has 0 atom stereocenters. The number of rotatable bonds is 7. The minimum Gasteiger partial charge on any atom is -0.497 e. The van der Waals surface area contributed by atoms with Gasteiger partial charge in [-0.25, -0.2) is 0 Å². The summed E-state index contributed by atoms with van der Waals surface area (Å²) < 4.78 is 5.29. The van der Waals surface area contributed by atoms with E-state index in [1.807, 2.05) is 12.1 Å². The Balaban J connectivity index is 1.49. The lowest BCUT2D eigenvalue weighted by Gasteiger charge is -2.29. The van der Waals surface area contributed by atoms with E-state index in [-0.39, 0.29) is 18.1 Å². The van der Waals surface area contributed by atoms with E-state index in [4.69, 9.17) is 21.7 Å². The lowest BCUT2D eigenvalue weighted by atomic mass is 9.97. The first-order valence-corrected chi connectivity index (χ1v) is 12.0. The van der Waals surface area contributed by atoms with Crippen LogP contribution in [-0.4, -0.2) is 42.6 Å². The van der Waals surface area contributed by atoms with Crippen LogP contribution in [0.25, 0.3) is 0 Å². The predicted molar refractivity (Wildman–Crippen MR) is 139 cm³/mol. The molecule has 35 heavy (non-hydrogen) atoms. The number of hydrogen-bond donors (Lipinski definition) is 2. The molecule has 1 fully saturated rings. The summed E-state index contributed by atoms with van der Waals surface area (Å²) in [6.45, 7) is 1.80. The fraction of sp³-hybridized carbons (Fsp3) is 0.250. The molecule has 1 aliphatic heterocycles. The number of benzene rings is 3. The monoisotopic (exact) mass is 489 g/mol. The number of methoxy groups -OCH3 is 1. The van der Waals surface area contributed by atoms with Crippen LogP contribution in [0.4, 0.5) is 5.69 Å². The highest BCUT2D eigenvalue weighted by Gasteiger charge is 2.18. The molecule has 3 aromatic rings. The highest BCUT2D eigenvalue weighted by molar-refractivity contribution is 6.30. The molecule has 1 amide bonds. The average Bonchev–Trinajstić information content (AvgIpc) is 2.90. The summed E-state index contributed by atoms with van der Waals surface area (Å²) in [6, 6.07) is 19.1. The molecule has 1 aliphatic rings. The molecule has 4 rings (SSSR count). The summed E-state index contributed by atoms with van der Waals surface area (Å²) in [5.41, 5.74) is 2.92. The molecule has 6 nitrogen and oxygen atoms in total. The van der Waals surface area contributed by atoms with Crippen LogP contribution < -0.4 is 10.1 Å². The van der Waals surface area contributed by atoms with Crippen molar-refractivity contribution in [3.63, 3.8) is 0 Å². The van der Waals surface area contributed by atoms with Crippen molar-refractivity contribution in [1.82, 2.24) is 4.90 Å². The number of carbonyl (C=O) groups is 2. The first-order valence-electron chi connectivity index (χ1n) is 11.7. The van der Waals surface area contributed by atoms with Gasteiger partial charge in [0.15, 0.2) is 5.78 Å². The van der Waals surface area contributed by atoms with Crippen LogP contribution in [0.3, 0.4) is 0 Å². The van der Waals surface area contributed by atoms with Gasteiger partial charge in [0.2, 0.25) is 0 Å². The molecule has 7 heteroatoms. The van der Waals surface area contributed by atoms with Crippen molar-refractivity contribution < 1.29 is 14.3 Å². The van der Waals surface area contributed by atoms with Crippen LogP contribution in [-0.2, 0) is 6.42 Å². The second-order valence-corrected chi connectivity index (χ2v) is 8.99. The van der Waals surface area contributed by atoms with Gasteiger partial charge in [0.25, 0.3) is 5.91 Å². The first-order chi connectivity index (χ1) is 16.9. The van der Waals surface area contributed by atoms with Crippen molar-refractivity contribution in [2.45, 2.75) is 25.7 Å². The van der Waals surface area contributed by atoms with Gasteiger partial charge < -0.3 is 15.0 Å². The van der Waals surface area contributed by atoms with Crippen LogP contribution in [0.2, 0.25) is 5.02 Å². The van der Waals surface area contributed by atoms with Gasteiger partial charge in [-0.1, -0.05) is 41.9 Å². The molecule has 0 aliphatic carbocycles. The SMILES string of the molecule is COc1ccc(CC(=O)c2ccc(C(=N)N3CCCCC3)cc2)c(C(=O)Nc2ccc(Cl)cc2)c1. The van der Waals surface area contributed by atoms with Crippen molar-refractivity contribution in [3.8, 4) is 5.75 Å². The maximum absolute atomic E-state index is 13.1. The molecule has 3 aromatic carbocycles. The number of nitrogens with zero attached hydrogens (tertiary/aromatic N) is 1. The number of halogens is 1. The number of amides is 1. The van der Waals surface area contributed by atoms with Crippen molar-refractivity contribution in [2.24, 2.45) is 0 Å². The Morgan fingerprint density at radius 2 is 1.60 bits per heavy atom. The second kappa shape index (κ2) is 11.2. The zero-order chi connectivity index (χ0) is 24.8. The first kappa shape index (κ1) is 24.5. The number of piperidine rings is 1. The third-order valence-corrected chi connectivity index (χ3v) is 6.42. The Bertz CT molecular complexity index is 1220. The minimum absolute atomic E-state index is 0.0658. The summed E-state index contributed by atoms with van der Waals surface area (Å²) in [6.07, 6.45) is 3.49. The number of likely N-dealkylation sites (tertiary alicyclic amines) is 1. The summed E-state index contributed by atoms with van der Waals surface area (Å²) in [5, 5.41) is 11.9. The van der Waals surface area contributed by atoms with Gasteiger partial charge in [-0.2, -0.15) is 0 Å². The molecule has 1 saturated heterocycles. The minimum atomic E-state index is -0.334. The van der Waals surface area contributed by atoms with Gasteiger partial charge in [0.05, 0.1) is 7.11 Å². The average molecular weight is 490 g/mol. The van der Waals surface area contributed by atoms with Crippen LogP contribution in [0.15, 0.2) is 66.7 Å². The largest absolute Gasteiger partial charge is 0.497 e. The van der Waals surface area contributed by atoms with Crippen LogP contribution in [0.1, 0.15) is 51.1 Å². The number of nitrogens with one attached hydrogen (secondary N) is 2. The Labute approximate surface area is 210 Å². The maximum Gasteiger partial charge on any atom is 0.256 e. The molecule has 0 bridgehead atoms. The van der Waals surface area contributed by atoms with E-state index in [2.05, 4.69) is 10.2 Å². The number of hydrogen-bond acceptors (Lipinski definition) is 4. The fourth-order valence-electron chi connectivity index (χ4n) is 4.17. The zero-order valence-electron chi connectivity index (χ0n) is 19.6. The van der Waals surface area contributed by atoms with Crippen LogP contribution in [0.5, 0.6) is 5.75 Å². The van der Waals surface area contributed by atoms with E-state index in [1.54, 1.807) is 54.6 Å². The van der Waals surface area contributed by atoms with Gasteiger partial charge in [-0.05, 0) is 61.2 Å². The molecular formula is C28H28ClN3O3. The van der Waals surface area contributed by atoms with E-state index in [9.17, 15) is 9.59 Å². The van der Waals surface area contributed by atoms with Crippen molar-refractivity contribution in [1.29, 1.82) is 5.41 Å². The van der Waals surface area contributed by atoms with Gasteiger partial charge in [-0.3, -0.25) is 15.0 Å². The Kier molecular flexibility index (Phi) is 7.83. The fourth-order valence-corrected chi connectivity index (χ4v) is 4.29. The second-order valence-electron chi connectivity index (χ2n) is 8.56. The molecule has 0 spiro atoms. The molecule has 2 N–H and O–H groups in total. The van der Waals surface area contributed by atoms with E-state index in [1.165, 1.54) is 13.5 Å². The smallest absolute Gasteiger partial charge is 0.256 e. The van der Waals surface area contributed by atoms with Gasteiger partial charge in [-0.15, -0.1) is 0 Å². The van der Waals surface area contributed by atoms with Crippen molar-refractivity contribution in [3.05, 3.63) is 94.0 Å². The van der Waals surface area contributed by atoms with Crippen molar-refractivity contribution >= 4 is 34.8 Å². The van der Waals surface area contributed by atoms with Gasteiger partial charge in [0, 0.05) is 46.9 Å². The van der Waals surface area contributed by atoms with E-state index >= 15 is 0 Å². The van der Waals surface area contributed by atoms with Gasteiger partial charge in [0.1, 0.15) is 11.6 Å². The predicted octanol–water partition coefficient (Wildman–Crippen LogP) is 5.84. The highest BCUT2D eigenvalue weighted by atomic mass is 35.5. The van der Waals surface area contributed by atoms with E-state index in [0.29, 0.717) is 39.0 Å². The number of ketones is 1. The Morgan fingerprint density at radius 3 is 2.26 bits per heavy atom. The summed E-state index contributed by atoms with van der Waals surface area (Å²) >= 11 is 5.93. The lowest BCUT2D eigenvalue weighted by molar-refractivity contribution is 0.0992. The zero-order valence-corrected chi connectivity index (χ0v) is 20.4. The number of Topliss-reactive ketones (excluding diaryl/α,β-unsaturated/α-hetero) is 1.